The number of carbonyl (C=O) groups is 1. The van der Waals surface area contributed by atoms with E-state index in [0.29, 0.717) is 24.0 Å². The maximum Gasteiger partial charge on any atom is 0.174 e. The molecule has 2 aromatic carbocycles. The molecule has 5 N–H and O–H groups in total. The Morgan fingerprint density at radius 2 is 1.88 bits per heavy atom. The fourth-order valence-corrected chi connectivity index (χ4v) is 3.62. The fourth-order valence-electron chi connectivity index (χ4n) is 3.62. The van der Waals surface area contributed by atoms with Crippen molar-refractivity contribution in [2.24, 2.45) is 0 Å². The number of allylic oxidation sites excluding steroid dienone is 2. The molecule has 0 saturated heterocycles. The average Bonchev–Trinajstić information content (AvgIpc) is 2.72. The van der Waals surface area contributed by atoms with Crippen molar-refractivity contribution < 1.29 is 35.1 Å². The first kappa shape index (κ1) is 23.2. The summed E-state index contributed by atoms with van der Waals surface area (Å²) in [5.74, 6) is -1.43. The summed E-state index contributed by atoms with van der Waals surface area (Å²) in [7, 11) is 0. The van der Waals surface area contributed by atoms with Gasteiger partial charge in [-0.15, -0.1) is 0 Å². The lowest BCUT2D eigenvalue weighted by molar-refractivity contribution is 0.0844. The molecule has 170 valence electrons. The van der Waals surface area contributed by atoms with Gasteiger partial charge in [0.05, 0.1) is 12.5 Å². The van der Waals surface area contributed by atoms with Gasteiger partial charge in [-0.05, 0) is 50.8 Å². The molecule has 0 aliphatic carbocycles. The predicted octanol–water partition coefficient (Wildman–Crippen LogP) is 4.42. The van der Waals surface area contributed by atoms with Crippen molar-refractivity contribution in [2.45, 2.75) is 51.7 Å². The van der Waals surface area contributed by atoms with E-state index in [1.54, 1.807) is 6.92 Å². The first-order valence-electron chi connectivity index (χ1n) is 10.4. The summed E-state index contributed by atoms with van der Waals surface area (Å²) in [6, 6.07) is 5.45. The van der Waals surface area contributed by atoms with Gasteiger partial charge in [0.2, 0.25) is 0 Å². The van der Waals surface area contributed by atoms with Gasteiger partial charge < -0.3 is 30.3 Å². The minimum Gasteiger partial charge on any atom is -0.507 e. The summed E-state index contributed by atoms with van der Waals surface area (Å²) in [5.41, 5.74) is 2.39. The number of fused-ring (bicyclic) bond motifs is 1. The highest BCUT2D eigenvalue weighted by atomic mass is 16.5. The second-order valence-corrected chi connectivity index (χ2v) is 8.23. The minimum atomic E-state index is -0.729. The van der Waals surface area contributed by atoms with Gasteiger partial charge >= 0.3 is 0 Å². The zero-order valence-electron chi connectivity index (χ0n) is 18.1. The van der Waals surface area contributed by atoms with Crippen LogP contribution in [0.1, 0.15) is 60.7 Å². The van der Waals surface area contributed by atoms with Crippen LogP contribution in [-0.4, -0.2) is 37.4 Å². The summed E-state index contributed by atoms with van der Waals surface area (Å²) in [4.78, 5) is 12.8. The number of carbonyl (C=O) groups excluding carboxylic acids is 1. The van der Waals surface area contributed by atoms with Crippen molar-refractivity contribution in [3.8, 4) is 28.7 Å². The highest BCUT2D eigenvalue weighted by Crippen LogP contribution is 2.45. The van der Waals surface area contributed by atoms with Crippen LogP contribution in [0.15, 0.2) is 48.1 Å². The molecular formula is C25H28O7. The van der Waals surface area contributed by atoms with Crippen LogP contribution >= 0.6 is 0 Å². The third-order valence-corrected chi connectivity index (χ3v) is 5.67. The summed E-state index contributed by atoms with van der Waals surface area (Å²) in [5, 5.41) is 50.2. The highest BCUT2D eigenvalue weighted by molar-refractivity contribution is 6.03. The number of aliphatic hydroxyl groups excluding tert-OH is 1. The Morgan fingerprint density at radius 1 is 1.16 bits per heavy atom. The topological polar surface area (TPSA) is 127 Å². The van der Waals surface area contributed by atoms with Crippen molar-refractivity contribution >= 4 is 5.78 Å². The third kappa shape index (κ3) is 4.89. The Kier molecular flexibility index (Phi) is 6.79. The molecule has 2 aromatic rings. The number of phenolic OH excluding ortho intramolecular Hbond substituents is 4. The van der Waals surface area contributed by atoms with Gasteiger partial charge in [-0.25, -0.2) is 0 Å². The van der Waals surface area contributed by atoms with Crippen molar-refractivity contribution in [1.82, 2.24) is 0 Å². The Hall–Kier alpha value is -3.45. The lowest BCUT2D eigenvalue weighted by Crippen LogP contribution is -2.21. The molecule has 0 spiro atoms. The van der Waals surface area contributed by atoms with E-state index in [-0.39, 0.29) is 58.5 Å². The van der Waals surface area contributed by atoms with E-state index in [1.165, 1.54) is 24.3 Å². The lowest BCUT2D eigenvalue weighted by Gasteiger charge is -2.27. The first-order valence-corrected chi connectivity index (χ1v) is 10.4. The number of hydrogen-bond donors (Lipinski definition) is 5. The van der Waals surface area contributed by atoms with Crippen molar-refractivity contribution in [3.63, 3.8) is 0 Å². The van der Waals surface area contributed by atoms with E-state index >= 15 is 0 Å². The van der Waals surface area contributed by atoms with E-state index in [9.17, 15) is 30.3 Å². The maximum atomic E-state index is 12.8. The summed E-state index contributed by atoms with van der Waals surface area (Å²) in [6.45, 7) is 7.38. The van der Waals surface area contributed by atoms with Crippen molar-refractivity contribution in [3.05, 3.63) is 64.8 Å². The number of Topliss-reactive ketones (excluding diaryl/α,β-unsaturated/α-hetero) is 1. The lowest BCUT2D eigenvalue weighted by atomic mass is 9.92. The third-order valence-electron chi connectivity index (χ3n) is 5.67. The van der Waals surface area contributed by atoms with Gasteiger partial charge in [-0.2, -0.15) is 0 Å². The van der Waals surface area contributed by atoms with Crippen LogP contribution in [0.4, 0.5) is 0 Å². The smallest absolute Gasteiger partial charge is 0.174 e. The van der Waals surface area contributed by atoms with Gasteiger partial charge in [-0.3, -0.25) is 4.79 Å². The monoisotopic (exact) mass is 440 g/mol. The highest BCUT2D eigenvalue weighted by Gasteiger charge is 2.32. The summed E-state index contributed by atoms with van der Waals surface area (Å²) in [6.07, 6.45) is 1.83. The maximum absolute atomic E-state index is 12.8. The molecule has 0 aromatic heterocycles. The molecule has 2 atom stereocenters. The second kappa shape index (κ2) is 9.36. The second-order valence-electron chi connectivity index (χ2n) is 8.23. The molecule has 7 heteroatoms. The quantitative estimate of drug-likeness (QED) is 0.318. The van der Waals surface area contributed by atoms with Gasteiger partial charge in [0, 0.05) is 11.6 Å². The Bertz CT molecular complexity index is 1080. The van der Waals surface area contributed by atoms with Crippen LogP contribution in [0, 0.1) is 0 Å². The molecule has 0 fully saturated rings. The number of aliphatic hydroxyl groups is 1. The standard InChI is InChI=1S/C25H28O7/c1-13(2)17(26)8-5-14(3)4-7-16-19(28)11-23-24(25(16)31)21(30)12-22(32-23)15-6-9-18(27)20(29)10-15/h4,6,9-11,17,22,26-29,31H,1,5,7-8,12H2,2-3H3/t17?,22-/m0/s1. The average molecular weight is 440 g/mol. The Labute approximate surface area is 186 Å². The minimum absolute atomic E-state index is 0.0146. The van der Waals surface area contributed by atoms with Crippen LogP contribution in [0.3, 0.4) is 0 Å². The normalized spacial score (nSPS) is 16.9. The van der Waals surface area contributed by atoms with Crippen LogP contribution < -0.4 is 4.74 Å². The summed E-state index contributed by atoms with van der Waals surface area (Å²) >= 11 is 0. The van der Waals surface area contributed by atoms with E-state index in [1.807, 2.05) is 13.0 Å². The zero-order chi connectivity index (χ0) is 23.6. The van der Waals surface area contributed by atoms with E-state index < -0.39 is 12.2 Å². The largest absolute Gasteiger partial charge is 0.507 e. The number of benzene rings is 2. The predicted molar refractivity (Wildman–Crippen MR) is 119 cm³/mol. The molecule has 0 amide bonds. The molecule has 3 rings (SSSR count). The van der Waals surface area contributed by atoms with E-state index in [4.69, 9.17) is 4.74 Å². The molecule has 7 nitrogen and oxygen atoms in total. The van der Waals surface area contributed by atoms with Crippen LogP contribution in [0.25, 0.3) is 0 Å². The van der Waals surface area contributed by atoms with Gasteiger partial charge in [0.15, 0.2) is 17.3 Å². The van der Waals surface area contributed by atoms with Gasteiger partial charge in [-0.1, -0.05) is 29.9 Å². The molecule has 1 unspecified atom stereocenters. The molecule has 0 bridgehead atoms. The van der Waals surface area contributed by atoms with E-state index in [0.717, 1.165) is 5.57 Å². The van der Waals surface area contributed by atoms with Gasteiger partial charge in [0.25, 0.3) is 0 Å². The fraction of sp³-hybridized carbons (Fsp3) is 0.320. The molecule has 1 aliphatic heterocycles. The molecule has 1 heterocycles. The van der Waals surface area contributed by atoms with Crippen LogP contribution in [0.5, 0.6) is 28.7 Å². The number of aromatic hydroxyl groups is 4. The Balaban J connectivity index is 1.81. The number of phenols is 4. The number of ketones is 1. The first-order chi connectivity index (χ1) is 15.1. The molecule has 0 radical (unpaired) electrons. The van der Waals surface area contributed by atoms with E-state index in [2.05, 4.69) is 6.58 Å². The molecule has 32 heavy (non-hydrogen) atoms. The number of ether oxygens (including phenoxy) is 1. The SMILES string of the molecule is C=C(C)C(O)CCC(C)=CCc1c(O)cc2c(c1O)C(=O)C[C@@H](c1ccc(O)c(O)c1)O2. The van der Waals surface area contributed by atoms with Gasteiger partial charge in [0.1, 0.15) is 28.9 Å². The van der Waals surface area contributed by atoms with Crippen molar-refractivity contribution in [2.75, 3.05) is 0 Å². The molecule has 0 saturated carbocycles. The zero-order valence-corrected chi connectivity index (χ0v) is 18.1. The molecular weight excluding hydrogens is 412 g/mol. The van der Waals surface area contributed by atoms with Crippen LogP contribution in [-0.2, 0) is 6.42 Å². The molecule has 1 aliphatic rings. The van der Waals surface area contributed by atoms with Crippen molar-refractivity contribution in [1.29, 1.82) is 0 Å². The Morgan fingerprint density at radius 3 is 2.53 bits per heavy atom. The van der Waals surface area contributed by atoms with Crippen LogP contribution in [0.2, 0.25) is 0 Å². The number of rotatable bonds is 7. The number of hydrogen-bond acceptors (Lipinski definition) is 7. The summed E-state index contributed by atoms with van der Waals surface area (Å²) < 4.78 is 5.83.